The number of hydrogen-bond acceptors (Lipinski definition) is 2. The molecule has 0 spiro atoms. The van der Waals surface area contributed by atoms with Gasteiger partial charge in [0.25, 0.3) is 0 Å². The molecule has 0 aromatic heterocycles. The zero-order valence-electron chi connectivity index (χ0n) is 7.40. The minimum absolute atomic E-state index is 0.0609. The highest BCUT2D eigenvalue weighted by atomic mass is 16.4. The van der Waals surface area contributed by atoms with Gasteiger partial charge in [-0.2, -0.15) is 0 Å². The summed E-state index contributed by atoms with van der Waals surface area (Å²) in [6.45, 7) is 4.00. The van der Waals surface area contributed by atoms with Gasteiger partial charge in [0.05, 0.1) is 0 Å². The van der Waals surface area contributed by atoms with E-state index in [4.69, 9.17) is 5.11 Å². The molecule has 1 aliphatic rings. The molecule has 4 nitrogen and oxygen atoms in total. The highest BCUT2D eigenvalue weighted by Crippen LogP contribution is 2.18. The average molecular weight is 183 g/mol. The fourth-order valence-corrected chi connectivity index (χ4v) is 1.50. The Morgan fingerprint density at radius 3 is 3.00 bits per heavy atom. The Labute approximate surface area is 76.8 Å². The molecule has 72 valence electrons. The number of hydrogen-bond donors (Lipinski definition) is 1. The smallest absolute Gasteiger partial charge is 0.326 e. The Morgan fingerprint density at radius 2 is 2.46 bits per heavy atom. The van der Waals surface area contributed by atoms with Crippen LogP contribution in [0.1, 0.15) is 19.3 Å². The number of aliphatic carboxylic acids is 1. The van der Waals surface area contributed by atoms with Crippen molar-refractivity contribution in [1.82, 2.24) is 4.90 Å². The molecule has 1 fully saturated rings. The van der Waals surface area contributed by atoms with Gasteiger partial charge in [0.1, 0.15) is 6.04 Å². The molecule has 1 N–H and O–H groups in total. The van der Waals surface area contributed by atoms with Crippen LogP contribution in [0.2, 0.25) is 0 Å². The van der Waals surface area contributed by atoms with E-state index in [1.165, 1.54) is 4.90 Å². The van der Waals surface area contributed by atoms with Crippen LogP contribution in [-0.4, -0.2) is 34.5 Å². The maximum atomic E-state index is 11.2. The number of likely N-dealkylation sites (tertiary alicyclic amines) is 1. The molecule has 4 heteroatoms. The number of nitrogens with zero attached hydrogens (tertiary/aromatic N) is 1. The summed E-state index contributed by atoms with van der Waals surface area (Å²) in [4.78, 5) is 23.3. The van der Waals surface area contributed by atoms with E-state index in [0.717, 1.165) is 0 Å². The number of amides is 1. The van der Waals surface area contributed by atoms with Gasteiger partial charge in [0.15, 0.2) is 0 Å². The number of carboxylic acid groups (broad SMARTS) is 1. The third-order valence-electron chi connectivity index (χ3n) is 2.19. The summed E-state index contributed by atoms with van der Waals surface area (Å²) in [6, 6.07) is -0.618. The number of carboxylic acids is 1. The van der Waals surface area contributed by atoms with Crippen molar-refractivity contribution >= 4 is 11.9 Å². The summed E-state index contributed by atoms with van der Waals surface area (Å²) in [7, 11) is 0. The zero-order chi connectivity index (χ0) is 9.84. The Hall–Kier alpha value is -1.32. The molecular weight excluding hydrogens is 170 g/mol. The minimum Gasteiger partial charge on any atom is -0.480 e. The van der Waals surface area contributed by atoms with Crippen molar-refractivity contribution in [3.05, 3.63) is 12.7 Å². The lowest BCUT2D eigenvalue weighted by Gasteiger charge is -2.20. The first-order valence-electron chi connectivity index (χ1n) is 4.30. The second kappa shape index (κ2) is 4.07. The van der Waals surface area contributed by atoms with Crippen molar-refractivity contribution < 1.29 is 14.7 Å². The van der Waals surface area contributed by atoms with Gasteiger partial charge in [-0.1, -0.05) is 6.08 Å². The fourth-order valence-electron chi connectivity index (χ4n) is 1.50. The molecule has 1 amide bonds. The van der Waals surface area contributed by atoms with Crippen LogP contribution in [0.4, 0.5) is 0 Å². The summed E-state index contributed by atoms with van der Waals surface area (Å²) in [5, 5.41) is 8.78. The van der Waals surface area contributed by atoms with Gasteiger partial charge in [-0.25, -0.2) is 4.79 Å². The van der Waals surface area contributed by atoms with Gasteiger partial charge in [-0.3, -0.25) is 4.79 Å². The maximum Gasteiger partial charge on any atom is 0.326 e. The van der Waals surface area contributed by atoms with E-state index < -0.39 is 12.0 Å². The Morgan fingerprint density at radius 1 is 1.77 bits per heavy atom. The van der Waals surface area contributed by atoms with Crippen LogP contribution in [0.15, 0.2) is 12.7 Å². The second-order valence-corrected chi connectivity index (χ2v) is 3.06. The Balaban J connectivity index is 2.59. The SMILES string of the molecule is C=CCCN1C(=O)CCC1C(=O)O. The summed E-state index contributed by atoms with van der Waals surface area (Å²) in [5.74, 6) is -0.968. The van der Waals surface area contributed by atoms with Gasteiger partial charge in [0.2, 0.25) is 5.91 Å². The topological polar surface area (TPSA) is 57.6 Å². The lowest BCUT2D eigenvalue weighted by molar-refractivity contribution is -0.146. The predicted molar refractivity (Wildman–Crippen MR) is 47.2 cm³/mol. The highest BCUT2D eigenvalue weighted by molar-refractivity contribution is 5.87. The van der Waals surface area contributed by atoms with Crippen molar-refractivity contribution in [2.75, 3.05) is 6.54 Å². The first kappa shape index (κ1) is 9.77. The molecule has 0 bridgehead atoms. The largest absolute Gasteiger partial charge is 0.480 e. The average Bonchev–Trinajstić information content (AvgIpc) is 2.43. The molecule has 1 aliphatic heterocycles. The van der Waals surface area contributed by atoms with E-state index in [1.807, 2.05) is 0 Å². The van der Waals surface area contributed by atoms with Crippen LogP contribution in [0, 0.1) is 0 Å². The Bertz CT molecular complexity index is 237. The van der Waals surface area contributed by atoms with Crippen LogP contribution in [-0.2, 0) is 9.59 Å². The molecule has 0 radical (unpaired) electrons. The first-order valence-corrected chi connectivity index (χ1v) is 4.30. The second-order valence-electron chi connectivity index (χ2n) is 3.06. The molecular formula is C9H13NO3. The molecule has 0 aromatic rings. The van der Waals surface area contributed by atoms with Crippen molar-refractivity contribution in [3.8, 4) is 0 Å². The zero-order valence-corrected chi connectivity index (χ0v) is 7.40. The lowest BCUT2D eigenvalue weighted by Crippen LogP contribution is -2.38. The van der Waals surface area contributed by atoms with Crippen LogP contribution in [0.25, 0.3) is 0 Å². The summed E-state index contributed by atoms with van der Waals surface area (Å²) >= 11 is 0. The number of carbonyl (C=O) groups excluding carboxylic acids is 1. The monoisotopic (exact) mass is 183 g/mol. The van der Waals surface area contributed by atoms with Gasteiger partial charge in [-0.15, -0.1) is 6.58 Å². The normalized spacial score (nSPS) is 22.0. The van der Waals surface area contributed by atoms with E-state index in [1.54, 1.807) is 6.08 Å². The molecule has 1 atom stereocenters. The molecule has 13 heavy (non-hydrogen) atoms. The van der Waals surface area contributed by atoms with Gasteiger partial charge < -0.3 is 10.0 Å². The van der Waals surface area contributed by atoms with Crippen molar-refractivity contribution in [3.63, 3.8) is 0 Å². The van der Waals surface area contributed by atoms with Crippen molar-refractivity contribution in [2.24, 2.45) is 0 Å². The molecule has 1 saturated heterocycles. The van der Waals surface area contributed by atoms with Crippen LogP contribution in [0.3, 0.4) is 0 Å². The molecule has 1 heterocycles. The first-order chi connectivity index (χ1) is 6.16. The van der Waals surface area contributed by atoms with Crippen LogP contribution < -0.4 is 0 Å². The van der Waals surface area contributed by atoms with E-state index in [0.29, 0.717) is 25.8 Å². The predicted octanol–water partition coefficient (Wildman–Crippen LogP) is 0.638. The van der Waals surface area contributed by atoms with E-state index in [-0.39, 0.29) is 5.91 Å². The summed E-state index contributed by atoms with van der Waals surface area (Å²) in [5.41, 5.74) is 0. The molecule has 0 aromatic carbocycles. The van der Waals surface area contributed by atoms with Crippen LogP contribution in [0.5, 0.6) is 0 Å². The number of rotatable bonds is 4. The quantitative estimate of drug-likeness (QED) is 0.650. The molecule has 1 rings (SSSR count). The van der Waals surface area contributed by atoms with Gasteiger partial charge in [0, 0.05) is 13.0 Å². The third kappa shape index (κ3) is 2.08. The molecule has 1 unspecified atom stereocenters. The van der Waals surface area contributed by atoms with E-state index in [9.17, 15) is 9.59 Å². The molecule has 0 aliphatic carbocycles. The highest BCUT2D eigenvalue weighted by Gasteiger charge is 2.35. The van der Waals surface area contributed by atoms with E-state index in [2.05, 4.69) is 6.58 Å². The van der Waals surface area contributed by atoms with Gasteiger partial charge in [-0.05, 0) is 12.8 Å². The fraction of sp³-hybridized carbons (Fsp3) is 0.556. The third-order valence-corrected chi connectivity index (χ3v) is 2.19. The standard InChI is InChI=1S/C9H13NO3/c1-2-3-6-10-7(9(12)13)4-5-8(10)11/h2,7H,1,3-6H2,(H,12,13). The summed E-state index contributed by atoms with van der Waals surface area (Å²) in [6.07, 6.45) is 3.12. The number of carbonyl (C=O) groups is 2. The van der Waals surface area contributed by atoms with E-state index >= 15 is 0 Å². The summed E-state index contributed by atoms with van der Waals surface area (Å²) < 4.78 is 0. The Kier molecular flexibility index (Phi) is 3.06. The van der Waals surface area contributed by atoms with Crippen molar-refractivity contribution in [1.29, 1.82) is 0 Å². The maximum absolute atomic E-state index is 11.2. The minimum atomic E-state index is -0.907. The lowest BCUT2D eigenvalue weighted by atomic mass is 10.2. The van der Waals surface area contributed by atoms with Crippen LogP contribution >= 0.6 is 0 Å². The molecule has 0 saturated carbocycles. The van der Waals surface area contributed by atoms with Crippen molar-refractivity contribution in [2.45, 2.75) is 25.3 Å². The van der Waals surface area contributed by atoms with Gasteiger partial charge >= 0.3 is 5.97 Å².